The highest BCUT2D eigenvalue weighted by atomic mass is 15.2. The van der Waals surface area contributed by atoms with E-state index in [1.54, 1.807) is 0 Å². The van der Waals surface area contributed by atoms with Crippen LogP contribution in [0.1, 0.15) is 85.3 Å². The van der Waals surface area contributed by atoms with E-state index in [2.05, 4.69) is 253 Å². The summed E-state index contributed by atoms with van der Waals surface area (Å²) in [7, 11) is 0. The van der Waals surface area contributed by atoms with Crippen molar-refractivity contribution < 1.29 is 0 Å². The van der Waals surface area contributed by atoms with Gasteiger partial charge >= 0.3 is 0 Å². The summed E-state index contributed by atoms with van der Waals surface area (Å²) in [6.07, 6.45) is 11.1. The molecule has 63 heavy (non-hydrogen) atoms. The monoisotopic (exact) mass is 822 g/mol. The van der Waals surface area contributed by atoms with Gasteiger partial charge in [0.2, 0.25) is 0 Å². The number of hydrogen-bond donors (Lipinski definition) is 0. The third-order valence-corrected chi connectivity index (χ3v) is 13.2. The van der Waals surface area contributed by atoms with Crippen LogP contribution in [0.3, 0.4) is 0 Å². The van der Waals surface area contributed by atoms with Crippen molar-refractivity contribution in [3.05, 3.63) is 199 Å². The molecular weight excluding hydrogens is 761 g/mol. The average molecular weight is 823 g/mol. The second-order valence-electron chi connectivity index (χ2n) is 20.2. The Morgan fingerprint density at radius 2 is 1.03 bits per heavy atom. The van der Waals surface area contributed by atoms with E-state index in [1.165, 1.54) is 89.8 Å². The first kappa shape index (κ1) is 41.9. The first-order chi connectivity index (χ1) is 30.3. The molecule has 8 aromatic rings. The van der Waals surface area contributed by atoms with Gasteiger partial charge in [0.05, 0.1) is 17.1 Å². The van der Waals surface area contributed by atoms with Gasteiger partial charge < -0.3 is 9.47 Å². The fourth-order valence-corrected chi connectivity index (χ4v) is 9.69. The van der Waals surface area contributed by atoms with Crippen LogP contribution in [0, 0.1) is 11.3 Å². The van der Waals surface area contributed by atoms with Gasteiger partial charge in [-0.3, -0.25) is 0 Å². The zero-order valence-corrected chi connectivity index (χ0v) is 38.4. The van der Waals surface area contributed by atoms with E-state index in [0.29, 0.717) is 11.8 Å². The summed E-state index contributed by atoms with van der Waals surface area (Å²) in [5.74, 6) is 1.16. The summed E-state index contributed by atoms with van der Waals surface area (Å²) in [5.41, 5.74) is 16.4. The van der Waals surface area contributed by atoms with Gasteiger partial charge in [0.1, 0.15) is 0 Å². The molecule has 1 aliphatic carbocycles. The summed E-state index contributed by atoms with van der Waals surface area (Å²) in [4.78, 5) is 2.47. The average Bonchev–Trinajstić information content (AvgIpc) is 3.62. The molecule has 0 amide bonds. The highest BCUT2D eigenvalue weighted by Crippen LogP contribution is 2.42. The second-order valence-corrected chi connectivity index (χ2v) is 20.2. The Bertz CT molecular complexity index is 2890. The molecule has 1 aromatic heterocycles. The highest BCUT2D eigenvalue weighted by Gasteiger charge is 2.27. The van der Waals surface area contributed by atoms with Crippen molar-refractivity contribution in [2.75, 3.05) is 4.90 Å². The lowest BCUT2D eigenvalue weighted by Crippen LogP contribution is -2.29. The van der Waals surface area contributed by atoms with Crippen molar-refractivity contribution in [1.29, 1.82) is 0 Å². The fraction of sp³-hybridized carbons (Fsp3) is 0.246. The highest BCUT2D eigenvalue weighted by molar-refractivity contribution is 6.11. The van der Waals surface area contributed by atoms with Crippen molar-refractivity contribution in [2.24, 2.45) is 11.3 Å². The van der Waals surface area contributed by atoms with Crippen LogP contribution in [-0.2, 0) is 5.41 Å². The van der Waals surface area contributed by atoms with Gasteiger partial charge in [-0.15, -0.1) is 0 Å². The number of aromatic nitrogens is 1. The largest absolute Gasteiger partial charge is 0.334 e. The van der Waals surface area contributed by atoms with Crippen molar-refractivity contribution in [3.8, 4) is 39.1 Å². The molecule has 0 aliphatic heterocycles. The molecular formula is C61H62N2. The van der Waals surface area contributed by atoms with Crippen LogP contribution >= 0.6 is 0 Å². The van der Waals surface area contributed by atoms with E-state index in [1.807, 2.05) is 0 Å². The molecule has 1 aliphatic rings. The molecule has 2 nitrogen and oxygen atoms in total. The van der Waals surface area contributed by atoms with Crippen molar-refractivity contribution in [3.63, 3.8) is 0 Å². The van der Waals surface area contributed by atoms with Crippen molar-refractivity contribution >= 4 is 33.2 Å². The topological polar surface area (TPSA) is 8.17 Å². The predicted octanol–water partition coefficient (Wildman–Crippen LogP) is 17.3. The molecule has 316 valence electrons. The van der Waals surface area contributed by atoms with Crippen LogP contribution in [0.15, 0.2) is 188 Å². The molecule has 2 atom stereocenters. The van der Waals surface area contributed by atoms with Gasteiger partial charge in [-0.05, 0) is 141 Å². The SMILES string of the molecule is CC(C)CC(c1ccc(-c2ccc3c(c2)c2cc(-c4ccc(N(c5ccc(-c6ccccc6)cc5)C5C=CC=CC5)cc4)ccc2n3-c2ccc(C(C)(C)C)cc2)cc1)C(C)(C)C. The number of hydrogen-bond acceptors (Lipinski definition) is 1. The van der Waals surface area contributed by atoms with Crippen LogP contribution in [0.4, 0.5) is 11.4 Å². The molecule has 2 unspecified atom stereocenters. The molecule has 0 spiro atoms. The second kappa shape index (κ2) is 17.1. The molecule has 0 radical (unpaired) electrons. The van der Waals surface area contributed by atoms with Crippen molar-refractivity contribution in [2.45, 2.75) is 85.6 Å². The summed E-state index contributed by atoms with van der Waals surface area (Å²) in [6, 6.07) is 61.8. The molecule has 0 bridgehead atoms. The van der Waals surface area contributed by atoms with E-state index in [0.717, 1.165) is 6.42 Å². The minimum Gasteiger partial charge on any atom is -0.334 e. The first-order valence-electron chi connectivity index (χ1n) is 23.0. The van der Waals surface area contributed by atoms with Gasteiger partial charge in [0, 0.05) is 27.8 Å². The molecule has 0 saturated carbocycles. The lowest BCUT2D eigenvalue weighted by Gasteiger charge is -2.33. The summed E-state index contributed by atoms with van der Waals surface area (Å²) < 4.78 is 2.45. The van der Waals surface area contributed by atoms with Crippen LogP contribution in [-0.4, -0.2) is 10.6 Å². The number of nitrogens with zero attached hydrogens (tertiary/aromatic N) is 2. The fourth-order valence-electron chi connectivity index (χ4n) is 9.69. The Morgan fingerprint density at radius 3 is 1.51 bits per heavy atom. The van der Waals surface area contributed by atoms with Crippen LogP contribution in [0.25, 0.3) is 60.9 Å². The number of rotatable bonds is 10. The van der Waals surface area contributed by atoms with Gasteiger partial charge in [-0.1, -0.05) is 183 Å². The number of allylic oxidation sites excluding steroid dienone is 2. The molecule has 2 heteroatoms. The number of fused-ring (bicyclic) bond motifs is 3. The predicted molar refractivity (Wildman–Crippen MR) is 273 cm³/mol. The number of benzene rings is 7. The maximum atomic E-state index is 2.47. The summed E-state index contributed by atoms with van der Waals surface area (Å²) in [5, 5.41) is 2.52. The Kier molecular flexibility index (Phi) is 11.4. The van der Waals surface area contributed by atoms with Gasteiger partial charge in [0.25, 0.3) is 0 Å². The quantitative estimate of drug-likeness (QED) is 0.133. The lowest BCUT2D eigenvalue weighted by atomic mass is 9.72. The van der Waals surface area contributed by atoms with Crippen LogP contribution in [0.5, 0.6) is 0 Å². The van der Waals surface area contributed by atoms with E-state index in [4.69, 9.17) is 0 Å². The number of anilines is 2. The van der Waals surface area contributed by atoms with Crippen molar-refractivity contribution in [1.82, 2.24) is 4.57 Å². The Labute approximate surface area is 376 Å². The Hall–Kier alpha value is -6.38. The van der Waals surface area contributed by atoms with Crippen LogP contribution in [0.2, 0.25) is 0 Å². The third kappa shape index (κ3) is 8.69. The molecule has 0 N–H and O–H groups in total. The van der Waals surface area contributed by atoms with E-state index >= 15 is 0 Å². The normalized spacial score (nSPS) is 14.8. The maximum absolute atomic E-state index is 2.47. The zero-order valence-electron chi connectivity index (χ0n) is 38.4. The minimum atomic E-state index is 0.0874. The summed E-state index contributed by atoms with van der Waals surface area (Å²) in [6.45, 7) is 18.7. The Balaban J connectivity index is 1.11. The zero-order chi connectivity index (χ0) is 43.9. The standard InChI is InChI=1S/C61H62N2/c1-42(2)39-57(61(6,7)8)47-21-19-45(20-22-47)48-27-37-58-55(40-48)56-41-49(28-38-59(56)63(58)54-35-29-50(30-36-54)60(3,4)5)46-25-33-53(34-26-46)62(51-17-13-10-14-18-51)52-31-23-44(24-32-52)43-15-11-9-12-16-43/h9-17,19-38,40-42,51,57H,18,39H2,1-8H3. The van der Waals surface area contributed by atoms with Gasteiger partial charge in [0.15, 0.2) is 0 Å². The summed E-state index contributed by atoms with van der Waals surface area (Å²) >= 11 is 0. The lowest BCUT2D eigenvalue weighted by molar-refractivity contribution is 0.280. The maximum Gasteiger partial charge on any atom is 0.0559 e. The van der Waals surface area contributed by atoms with Gasteiger partial charge in [-0.2, -0.15) is 0 Å². The van der Waals surface area contributed by atoms with E-state index in [-0.39, 0.29) is 16.9 Å². The molecule has 0 fully saturated rings. The third-order valence-electron chi connectivity index (χ3n) is 13.2. The minimum absolute atomic E-state index is 0.0874. The van der Waals surface area contributed by atoms with Crippen LogP contribution < -0.4 is 4.90 Å². The molecule has 7 aromatic carbocycles. The van der Waals surface area contributed by atoms with Gasteiger partial charge in [-0.25, -0.2) is 0 Å². The Morgan fingerprint density at radius 1 is 0.540 bits per heavy atom. The first-order valence-corrected chi connectivity index (χ1v) is 23.0. The molecule has 1 heterocycles. The molecule has 9 rings (SSSR count). The van der Waals surface area contributed by atoms with E-state index < -0.39 is 0 Å². The molecule has 0 saturated heterocycles. The van der Waals surface area contributed by atoms with E-state index in [9.17, 15) is 0 Å². The smallest absolute Gasteiger partial charge is 0.0559 e.